The largest absolute Gasteiger partial charge is 0.508 e. The van der Waals surface area contributed by atoms with Crippen LogP contribution in [-0.4, -0.2) is 53.5 Å². The highest BCUT2D eigenvalue weighted by atomic mass is 32.1. The van der Waals surface area contributed by atoms with Crippen LogP contribution < -0.4 is 16.0 Å². The molecule has 1 atom stereocenters. The van der Waals surface area contributed by atoms with Crippen LogP contribution in [0.15, 0.2) is 41.1 Å². The number of aromatic nitrogens is 1. The molecule has 2 aromatic heterocycles. The number of nitrogens with one attached hydrogen (secondary N) is 3. The molecule has 0 saturated carbocycles. The molecule has 0 saturated heterocycles. The lowest BCUT2D eigenvalue weighted by atomic mass is 10.1. The van der Waals surface area contributed by atoms with Crippen LogP contribution in [0.3, 0.4) is 0 Å². The summed E-state index contributed by atoms with van der Waals surface area (Å²) in [7, 11) is 1.18. The second-order valence-electron chi connectivity index (χ2n) is 7.10. The number of thiazole rings is 1. The smallest absolute Gasteiger partial charge is 0.330 e. The number of aryl methyl sites for hydroxylation is 1. The first-order valence-electron chi connectivity index (χ1n) is 10.0. The Morgan fingerprint density at radius 1 is 1.18 bits per heavy atom. The molecule has 0 radical (unpaired) electrons. The summed E-state index contributed by atoms with van der Waals surface area (Å²) in [6.45, 7) is 1.43. The predicted molar refractivity (Wildman–Crippen MR) is 127 cm³/mol. The second-order valence-corrected chi connectivity index (χ2v) is 8.88. The van der Waals surface area contributed by atoms with Gasteiger partial charge in [-0.1, -0.05) is 23.5 Å². The zero-order valence-corrected chi connectivity index (χ0v) is 19.9. The first-order valence-corrected chi connectivity index (χ1v) is 11.8. The molecule has 1 unspecified atom stereocenters. The Morgan fingerprint density at radius 2 is 1.97 bits per heavy atom. The van der Waals surface area contributed by atoms with Crippen molar-refractivity contribution in [2.24, 2.45) is 0 Å². The number of carbonyl (C=O) groups excluding carboxylic acids is 4. The molecular weight excluding hydrogens is 480 g/mol. The topological polar surface area (TPSA) is 147 Å². The summed E-state index contributed by atoms with van der Waals surface area (Å²) in [5.74, 6) is -2.00. The Labute approximate surface area is 203 Å². The van der Waals surface area contributed by atoms with Gasteiger partial charge in [0.2, 0.25) is 5.91 Å². The van der Waals surface area contributed by atoms with Gasteiger partial charge in [-0.25, -0.2) is 9.78 Å². The maximum atomic E-state index is 12.8. The van der Waals surface area contributed by atoms with Crippen molar-refractivity contribution in [2.45, 2.75) is 19.4 Å². The van der Waals surface area contributed by atoms with Crippen LogP contribution in [0.4, 0.5) is 5.13 Å². The van der Waals surface area contributed by atoms with Crippen molar-refractivity contribution in [1.29, 1.82) is 0 Å². The minimum absolute atomic E-state index is 0.0167. The number of benzene rings is 1. The first kappa shape index (κ1) is 24.9. The van der Waals surface area contributed by atoms with Gasteiger partial charge >= 0.3 is 5.97 Å². The number of ether oxygens (including phenoxy) is 1. The van der Waals surface area contributed by atoms with Crippen molar-refractivity contribution in [3.63, 3.8) is 0 Å². The van der Waals surface area contributed by atoms with Crippen molar-refractivity contribution in [2.75, 3.05) is 19.0 Å². The number of amides is 3. The fourth-order valence-corrected chi connectivity index (χ4v) is 4.45. The van der Waals surface area contributed by atoms with Crippen LogP contribution in [0.2, 0.25) is 0 Å². The van der Waals surface area contributed by atoms with Gasteiger partial charge in [0.25, 0.3) is 11.8 Å². The molecule has 3 aromatic rings. The van der Waals surface area contributed by atoms with Gasteiger partial charge in [0.05, 0.1) is 19.2 Å². The Balaban J connectivity index is 1.62. The standard InChI is InChI=1S/C22H22N4O6S2/c1-12-18(34-22(24-12)26-17(28)9-13-4-3-5-15(27)8-13)20(30)25-16(21(31)32-2)10-23-19(29)14-6-7-33-11-14/h3-8,11,16,27H,9-10H2,1-2H3,(H,23,29)(H,25,30)(H,24,26,28). The number of aromatic hydroxyl groups is 1. The number of phenolic OH excluding ortho intramolecular Hbond substituents is 1. The molecule has 0 aliphatic carbocycles. The van der Waals surface area contributed by atoms with Gasteiger partial charge < -0.3 is 25.8 Å². The number of esters is 1. The van der Waals surface area contributed by atoms with Gasteiger partial charge in [-0.05, 0) is 36.1 Å². The molecule has 0 aliphatic rings. The lowest BCUT2D eigenvalue weighted by molar-refractivity contribution is -0.142. The first-order chi connectivity index (χ1) is 16.3. The van der Waals surface area contributed by atoms with E-state index in [2.05, 4.69) is 20.9 Å². The summed E-state index contributed by atoms with van der Waals surface area (Å²) in [5, 5.41) is 20.9. The maximum absolute atomic E-state index is 12.8. The van der Waals surface area contributed by atoms with Crippen LogP contribution >= 0.6 is 22.7 Å². The number of nitrogens with zero attached hydrogens (tertiary/aromatic N) is 1. The van der Waals surface area contributed by atoms with E-state index >= 15 is 0 Å². The molecule has 3 rings (SSSR count). The second kappa shape index (κ2) is 11.4. The third-order valence-corrected chi connectivity index (χ3v) is 6.32. The molecule has 0 aliphatic heterocycles. The lowest BCUT2D eigenvalue weighted by Crippen LogP contribution is -2.48. The van der Waals surface area contributed by atoms with E-state index in [9.17, 15) is 24.3 Å². The van der Waals surface area contributed by atoms with Crippen molar-refractivity contribution < 1.29 is 29.0 Å². The molecule has 10 nitrogen and oxygen atoms in total. The number of anilines is 1. The van der Waals surface area contributed by atoms with E-state index in [1.807, 2.05) is 0 Å². The molecule has 0 spiro atoms. The molecule has 178 valence electrons. The highest BCUT2D eigenvalue weighted by Crippen LogP contribution is 2.23. The zero-order valence-electron chi connectivity index (χ0n) is 18.3. The van der Waals surface area contributed by atoms with Crippen molar-refractivity contribution in [1.82, 2.24) is 15.6 Å². The van der Waals surface area contributed by atoms with Gasteiger partial charge in [-0.15, -0.1) is 0 Å². The Morgan fingerprint density at radius 3 is 2.65 bits per heavy atom. The maximum Gasteiger partial charge on any atom is 0.330 e. The zero-order chi connectivity index (χ0) is 24.7. The van der Waals surface area contributed by atoms with Crippen LogP contribution in [0, 0.1) is 6.92 Å². The average molecular weight is 503 g/mol. The molecule has 0 fully saturated rings. The Kier molecular flexibility index (Phi) is 8.33. The molecule has 1 aromatic carbocycles. The Bertz CT molecular complexity index is 1190. The fourth-order valence-electron chi connectivity index (χ4n) is 2.93. The predicted octanol–water partition coefficient (Wildman–Crippen LogP) is 2.10. The van der Waals surface area contributed by atoms with Crippen molar-refractivity contribution in [3.8, 4) is 5.75 Å². The summed E-state index contributed by atoms with van der Waals surface area (Å²) >= 11 is 2.31. The van der Waals surface area contributed by atoms with E-state index in [0.717, 1.165) is 11.3 Å². The van der Waals surface area contributed by atoms with E-state index in [1.165, 1.54) is 30.6 Å². The summed E-state index contributed by atoms with van der Waals surface area (Å²) in [4.78, 5) is 53.8. The highest BCUT2D eigenvalue weighted by molar-refractivity contribution is 7.17. The van der Waals surface area contributed by atoms with E-state index in [4.69, 9.17) is 4.74 Å². The van der Waals surface area contributed by atoms with Gasteiger partial charge in [-0.2, -0.15) is 11.3 Å². The normalized spacial score (nSPS) is 11.4. The number of hydrogen-bond donors (Lipinski definition) is 4. The third-order valence-electron chi connectivity index (χ3n) is 4.57. The minimum atomic E-state index is -1.12. The molecule has 2 heterocycles. The number of methoxy groups -OCH3 is 1. The molecule has 12 heteroatoms. The number of rotatable bonds is 9. The Hall–Kier alpha value is -3.77. The monoisotopic (exact) mass is 502 g/mol. The summed E-state index contributed by atoms with van der Waals surface area (Å²) in [6.07, 6.45) is 0.0167. The average Bonchev–Trinajstić information content (AvgIpc) is 3.45. The van der Waals surface area contributed by atoms with Crippen LogP contribution in [0.5, 0.6) is 5.75 Å². The molecule has 34 heavy (non-hydrogen) atoms. The van der Waals surface area contributed by atoms with E-state index in [-0.39, 0.29) is 40.5 Å². The van der Waals surface area contributed by atoms with Crippen LogP contribution in [0.1, 0.15) is 31.3 Å². The third kappa shape index (κ3) is 6.62. The summed E-state index contributed by atoms with van der Waals surface area (Å²) in [6, 6.07) is 6.85. The number of phenols is 1. The minimum Gasteiger partial charge on any atom is -0.508 e. The van der Waals surface area contributed by atoms with E-state index in [1.54, 1.807) is 35.9 Å². The lowest BCUT2D eigenvalue weighted by Gasteiger charge is -2.16. The molecular formula is C22H22N4O6S2. The quantitative estimate of drug-likeness (QED) is 0.328. The van der Waals surface area contributed by atoms with Gasteiger partial charge in [0, 0.05) is 17.5 Å². The van der Waals surface area contributed by atoms with E-state index in [0.29, 0.717) is 16.8 Å². The van der Waals surface area contributed by atoms with Crippen molar-refractivity contribution in [3.05, 3.63) is 62.8 Å². The number of thiophene rings is 1. The molecule has 3 amide bonds. The van der Waals surface area contributed by atoms with E-state index < -0.39 is 17.9 Å². The van der Waals surface area contributed by atoms with Gasteiger partial charge in [-0.3, -0.25) is 14.4 Å². The number of carbonyl (C=O) groups is 4. The SMILES string of the molecule is COC(=O)C(CNC(=O)c1ccsc1)NC(=O)c1sc(NC(=O)Cc2cccc(O)c2)nc1C. The van der Waals surface area contributed by atoms with Gasteiger partial charge in [0.1, 0.15) is 16.7 Å². The van der Waals surface area contributed by atoms with Crippen LogP contribution in [0.25, 0.3) is 0 Å². The highest BCUT2D eigenvalue weighted by Gasteiger charge is 2.25. The summed E-state index contributed by atoms with van der Waals surface area (Å²) in [5.41, 5.74) is 1.43. The van der Waals surface area contributed by atoms with Crippen LogP contribution in [-0.2, 0) is 20.7 Å². The summed E-state index contributed by atoms with van der Waals surface area (Å²) < 4.78 is 4.74. The van der Waals surface area contributed by atoms with Crippen molar-refractivity contribution >= 4 is 51.5 Å². The fraction of sp³-hybridized carbons (Fsp3) is 0.227. The molecule has 4 N–H and O–H groups in total. The number of hydrogen-bond acceptors (Lipinski definition) is 9. The molecule has 0 bridgehead atoms. The van der Waals surface area contributed by atoms with Gasteiger partial charge in [0.15, 0.2) is 5.13 Å².